The molecule has 0 saturated carbocycles. The molecule has 1 saturated heterocycles. The number of fused-ring (bicyclic) bond motifs is 1. The molecule has 138 valence electrons. The van der Waals surface area contributed by atoms with Gasteiger partial charge in [-0.25, -0.2) is 0 Å². The minimum atomic E-state index is 0. The third kappa shape index (κ3) is 4.19. The van der Waals surface area contributed by atoms with Crippen LogP contribution in [0.15, 0.2) is 48.5 Å². The van der Waals surface area contributed by atoms with Crippen LogP contribution < -0.4 is 26.8 Å². The van der Waals surface area contributed by atoms with E-state index in [1.807, 2.05) is 48.5 Å². The third-order valence-electron chi connectivity index (χ3n) is 5.04. The molecule has 0 radical (unpaired) electrons. The summed E-state index contributed by atoms with van der Waals surface area (Å²) in [5.74, 6) is 1.43. The topological polar surface area (TPSA) is 40.0 Å². The predicted octanol–water partition coefficient (Wildman–Crippen LogP) is -0.870. The lowest BCUT2D eigenvalue weighted by Gasteiger charge is -2.31. The van der Waals surface area contributed by atoms with Gasteiger partial charge in [0.05, 0.1) is 13.1 Å². The standard InChI is InChI=1S/C21H23NO3.ClH/c23-21(16-7-3-1-4-8-16)17-9-10-19-20(13-17)25-18(15-24-19)14-22-11-5-2-6-12-22;/h1,3-4,7-10,13,18H,2,5-6,11-12,14-15H2;1H. The maximum Gasteiger partial charge on any atom is 0.193 e. The van der Waals surface area contributed by atoms with Crippen LogP contribution in [0.1, 0.15) is 35.2 Å². The number of rotatable bonds is 4. The van der Waals surface area contributed by atoms with Crippen LogP contribution in [0.25, 0.3) is 0 Å². The molecular weight excluding hydrogens is 350 g/mol. The van der Waals surface area contributed by atoms with E-state index in [0.717, 1.165) is 12.3 Å². The summed E-state index contributed by atoms with van der Waals surface area (Å²) in [7, 11) is 0. The number of nitrogens with one attached hydrogen (secondary N) is 1. The summed E-state index contributed by atoms with van der Waals surface area (Å²) in [6.07, 6.45) is 4.01. The van der Waals surface area contributed by atoms with Crippen LogP contribution in [0.4, 0.5) is 0 Å². The van der Waals surface area contributed by atoms with Crippen molar-refractivity contribution in [2.75, 3.05) is 26.2 Å². The molecule has 2 heterocycles. The molecule has 0 spiro atoms. The van der Waals surface area contributed by atoms with Crippen LogP contribution in [0.2, 0.25) is 0 Å². The first-order valence-electron chi connectivity index (χ1n) is 9.16. The Morgan fingerprint density at radius 2 is 1.73 bits per heavy atom. The van der Waals surface area contributed by atoms with Crippen molar-refractivity contribution in [1.29, 1.82) is 0 Å². The molecule has 2 aromatic carbocycles. The Balaban J connectivity index is 0.00000196. The Morgan fingerprint density at radius 3 is 2.50 bits per heavy atom. The number of halogens is 1. The van der Waals surface area contributed by atoms with E-state index in [0.29, 0.717) is 23.5 Å². The molecule has 4 rings (SSSR count). The molecule has 1 unspecified atom stereocenters. The normalized spacial score (nSPS) is 19.5. The molecule has 5 heteroatoms. The van der Waals surface area contributed by atoms with Crippen LogP contribution in [0, 0.1) is 0 Å². The molecule has 1 atom stereocenters. The van der Waals surface area contributed by atoms with Gasteiger partial charge in [0.1, 0.15) is 13.2 Å². The smallest absolute Gasteiger partial charge is 0.193 e. The summed E-state index contributed by atoms with van der Waals surface area (Å²) < 4.78 is 12.0. The fourth-order valence-electron chi connectivity index (χ4n) is 3.69. The summed E-state index contributed by atoms with van der Waals surface area (Å²) in [4.78, 5) is 14.2. The number of carbonyl (C=O) groups excluding carboxylic acids is 1. The summed E-state index contributed by atoms with van der Waals surface area (Å²) >= 11 is 0. The highest BCUT2D eigenvalue weighted by Crippen LogP contribution is 2.33. The maximum atomic E-state index is 12.6. The van der Waals surface area contributed by atoms with E-state index in [4.69, 9.17) is 9.47 Å². The molecular formula is C21H24ClNO3. The highest BCUT2D eigenvalue weighted by molar-refractivity contribution is 6.09. The lowest BCUT2D eigenvalue weighted by atomic mass is 10.0. The predicted molar refractivity (Wildman–Crippen MR) is 95.6 cm³/mol. The number of quaternary nitrogens is 1. The van der Waals surface area contributed by atoms with Crippen molar-refractivity contribution in [3.8, 4) is 11.5 Å². The van der Waals surface area contributed by atoms with Crippen LogP contribution in [-0.2, 0) is 0 Å². The van der Waals surface area contributed by atoms with Crippen molar-refractivity contribution in [3.05, 3.63) is 59.7 Å². The van der Waals surface area contributed by atoms with E-state index in [1.54, 1.807) is 4.90 Å². The van der Waals surface area contributed by atoms with E-state index in [2.05, 4.69) is 0 Å². The van der Waals surface area contributed by atoms with Gasteiger partial charge in [-0.2, -0.15) is 0 Å². The van der Waals surface area contributed by atoms with E-state index in [-0.39, 0.29) is 24.3 Å². The molecule has 26 heavy (non-hydrogen) atoms. The SMILES string of the molecule is O=C(c1ccccc1)c1ccc2c(c1)OC(C[NH+]1CCCCC1)CO2.[Cl-]. The molecule has 0 aliphatic carbocycles. The van der Waals surface area contributed by atoms with Gasteiger partial charge in [-0.1, -0.05) is 30.3 Å². The van der Waals surface area contributed by atoms with Gasteiger partial charge in [0.25, 0.3) is 0 Å². The van der Waals surface area contributed by atoms with Gasteiger partial charge in [-0.3, -0.25) is 4.79 Å². The van der Waals surface area contributed by atoms with Gasteiger partial charge < -0.3 is 26.8 Å². The number of ether oxygens (including phenoxy) is 2. The van der Waals surface area contributed by atoms with Gasteiger partial charge in [0, 0.05) is 11.1 Å². The largest absolute Gasteiger partial charge is 1.00 e. The number of likely N-dealkylation sites (tertiary alicyclic amines) is 1. The molecule has 2 aliphatic heterocycles. The molecule has 2 aromatic rings. The van der Waals surface area contributed by atoms with Crippen molar-refractivity contribution in [3.63, 3.8) is 0 Å². The average Bonchev–Trinajstić information content (AvgIpc) is 2.68. The lowest BCUT2D eigenvalue weighted by molar-refractivity contribution is -0.907. The second-order valence-corrected chi connectivity index (χ2v) is 6.92. The van der Waals surface area contributed by atoms with Crippen LogP contribution in [0.5, 0.6) is 11.5 Å². The van der Waals surface area contributed by atoms with Gasteiger partial charge >= 0.3 is 0 Å². The number of hydrogen-bond acceptors (Lipinski definition) is 3. The van der Waals surface area contributed by atoms with Crippen molar-refractivity contribution in [2.45, 2.75) is 25.4 Å². The van der Waals surface area contributed by atoms with Crippen molar-refractivity contribution < 1.29 is 31.6 Å². The quantitative estimate of drug-likeness (QED) is 0.708. The Bertz CT molecular complexity index is 744. The molecule has 0 bridgehead atoms. The van der Waals surface area contributed by atoms with Crippen LogP contribution in [-0.4, -0.2) is 38.1 Å². The second kappa shape index (κ2) is 8.56. The highest BCUT2D eigenvalue weighted by Gasteiger charge is 2.27. The third-order valence-corrected chi connectivity index (χ3v) is 5.04. The van der Waals surface area contributed by atoms with Crippen LogP contribution >= 0.6 is 0 Å². The van der Waals surface area contributed by atoms with Crippen molar-refractivity contribution >= 4 is 5.78 Å². The second-order valence-electron chi connectivity index (χ2n) is 6.92. The molecule has 0 amide bonds. The number of benzene rings is 2. The minimum absolute atomic E-state index is 0. The molecule has 0 aromatic heterocycles. The highest BCUT2D eigenvalue weighted by atomic mass is 35.5. The number of piperidine rings is 1. The van der Waals surface area contributed by atoms with E-state index < -0.39 is 0 Å². The Kier molecular flexibility index (Phi) is 6.17. The molecule has 1 N–H and O–H groups in total. The zero-order chi connectivity index (χ0) is 17.1. The Morgan fingerprint density at radius 1 is 0.962 bits per heavy atom. The number of ketones is 1. The molecule has 1 fully saturated rings. The summed E-state index contributed by atoms with van der Waals surface area (Å²) in [5.41, 5.74) is 1.33. The first-order valence-corrected chi connectivity index (χ1v) is 9.16. The zero-order valence-electron chi connectivity index (χ0n) is 14.7. The van der Waals surface area contributed by atoms with Crippen molar-refractivity contribution in [1.82, 2.24) is 0 Å². The monoisotopic (exact) mass is 373 g/mol. The molecule has 4 nitrogen and oxygen atoms in total. The summed E-state index contributed by atoms with van der Waals surface area (Å²) in [6.45, 7) is 4.00. The number of carbonyl (C=O) groups is 1. The van der Waals surface area contributed by atoms with Gasteiger partial charge in [0.2, 0.25) is 0 Å². The van der Waals surface area contributed by atoms with Crippen molar-refractivity contribution in [2.24, 2.45) is 0 Å². The van der Waals surface area contributed by atoms with Crippen LogP contribution in [0.3, 0.4) is 0 Å². The first kappa shape index (κ1) is 18.7. The van der Waals surface area contributed by atoms with Gasteiger partial charge in [-0.15, -0.1) is 0 Å². The fraction of sp³-hybridized carbons (Fsp3) is 0.381. The average molecular weight is 374 g/mol. The number of hydrogen-bond donors (Lipinski definition) is 1. The van der Waals surface area contributed by atoms with Gasteiger partial charge in [0.15, 0.2) is 23.4 Å². The Labute approximate surface area is 160 Å². The maximum absolute atomic E-state index is 12.6. The Hall–Kier alpha value is -2.04. The van der Waals surface area contributed by atoms with E-state index in [9.17, 15) is 4.79 Å². The van der Waals surface area contributed by atoms with Gasteiger partial charge in [-0.05, 0) is 37.5 Å². The zero-order valence-corrected chi connectivity index (χ0v) is 15.5. The first-order chi connectivity index (χ1) is 12.3. The fourth-order valence-corrected chi connectivity index (χ4v) is 3.69. The summed E-state index contributed by atoms with van der Waals surface area (Å²) in [6, 6.07) is 14.8. The minimum Gasteiger partial charge on any atom is -1.00 e. The summed E-state index contributed by atoms with van der Waals surface area (Å²) in [5, 5.41) is 0. The van der Waals surface area contributed by atoms with E-state index in [1.165, 1.54) is 32.4 Å². The molecule has 2 aliphatic rings. The lowest BCUT2D eigenvalue weighted by Crippen LogP contribution is -3.14. The van der Waals surface area contributed by atoms with E-state index >= 15 is 0 Å².